The number of rotatable bonds is 9. The van der Waals surface area contributed by atoms with Crippen molar-refractivity contribution in [1.29, 1.82) is 0 Å². The first-order valence-electron chi connectivity index (χ1n) is 7.93. The molecule has 0 atom stereocenters. The van der Waals surface area contributed by atoms with Crippen LogP contribution in [-0.4, -0.2) is 30.1 Å². The number of carbonyl (C=O) groups excluding carboxylic acids is 1. The first-order chi connectivity index (χ1) is 12.0. The second-order valence-corrected chi connectivity index (χ2v) is 6.52. The molecule has 134 valence electrons. The second kappa shape index (κ2) is 9.51. The number of hydrogen-bond acceptors (Lipinski definition) is 3. The molecular weight excluding hydrogens is 349 g/mol. The van der Waals surface area contributed by atoms with Gasteiger partial charge in [-0.25, -0.2) is 0 Å². The van der Waals surface area contributed by atoms with E-state index in [0.29, 0.717) is 18.8 Å². The van der Waals surface area contributed by atoms with Crippen LogP contribution in [0.4, 0.5) is 13.2 Å². The quantitative estimate of drug-likeness (QED) is 0.556. The molecule has 25 heavy (non-hydrogen) atoms. The molecule has 0 bridgehead atoms. The molecule has 0 aliphatic carbocycles. The molecule has 0 spiro atoms. The van der Waals surface area contributed by atoms with Crippen LogP contribution in [0.25, 0.3) is 11.1 Å². The molecule has 2 aromatic rings. The molecule has 0 amide bonds. The summed E-state index contributed by atoms with van der Waals surface area (Å²) in [5, 5.41) is 0. The van der Waals surface area contributed by atoms with Crippen molar-refractivity contribution in [3.63, 3.8) is 0 Å². The largest absolute Gasteiger partial charge is 0.494 e. The van der Waals surface area contributed by atoms with Crippen LogP contribution in [0.1, 0.15) is 12.8 Å². The van der Waals surface area contributed by atoms with Gasteiger partial charge < -0.3 is 4.74 Å². The SMILES string of the molecule is O=C(CSCCCCOc1ccc(-c2ccccc2)cc1)C(F)(F)F. The summed E-state index contributed by atoms with van der Waals surface area (Å²) < 4.78 is 41.7. The second-order valence-electron chi connectivity index (χ2n) is 5.42. The minimum absolute atomic E-state index is 0.498. The molecule has 6 heteroatoms. The maximum atomic E-state index is 12.0. The molecule has 0 fully saturated rings. The topological polar surface area (TPSA) is 26.3 Å². The first-order valence-corrected chi connectivity index (χ1v) is 9.08. The van der Waals surface area contributed by atoms with Crippen LogP contribution in [0.2, 0.25) is 0 Å². The van der Waals surface area contributed by atoms with Gasteiger partial charge in [-0.15, -0.1) is 0 Å². The maximum Gasteiger partial charge on any atom is 0.450 e. The van der Waals surface area contributed by atoms with E-state index in [9.17, 15) is 18.0 Å². The van der Waals surface area contributed by atoms with Gasteiger partial charge in [0.15, 0.2) is 0 Å². The number of Topliss-reactive ketones (excluding diaryl/α,β-unsaturated/α-hetero) is 1. The van der Waals surface area contributed by atoms with E-state index in [0.717, 1.165) is 35.1 Å². The van der Waals surface area contributed by atoms with E-state index >= 15 is 0 Å². The fraction of sp³-hybridized carbons (Fsp3) is 0.316. The van der Waals surface area contributed by atoms with Gasteiger partial charge in [-0.1, -0.05) is 42.5 Å². The van der Waals surface area contributed by atoms with Crippen molar-refractivity contribution in [2.75, 3.05) is 18.1 Å². The maximum absolute atomic E-state index is 12.0. The fourth-order valence-corrected chi connectivity index (χ4v) is 3.02. The Bertz CT molecular complexity index is 655. The molecule has 2 aromatic carbocycles. The zero-order valence-corrected chi connectivity index (χ0v) is 14.4. The lowest BCUT2D eigenvalue weighted by Gasteiger charge is -2.08. The molecule has 0 saturated heterocycles. The first kappa shape index (κ1) is 19.4. The molecular formula is C19H19F3O2S. The lowest BCUT2D eigenvalue weighted by atomic mass is 10.1. The average Bonchev–Trinajstić information content (AvgIpc) is 2.61. The van der Waals surface area contributed by atoms with Crippen LogP contribution in [0, 0.1) is 0 Å². The number of thioether (sulfide) groups is 1. The van der Waals surface area contributed by atoms with Crippen LogP contribution < -0.4 is 4.74 Å². The molecule has 0 aromatic heterocycles. The Balaban J connectivity index is 1.62. The number of carbonyl (C=O) groups is 1. The molecule has 0 saturated carbocycles. The predicted molar refractivity (Wildman–Crippen MR) is 95.0 cm³/mol. The van der Waals surface area contributed by atoms with E-state index in [1.807, 2.05) is 54.6 Å². The third-order valence-corrected chi connectivity index (χ3v) is 4.51. The van der Waals surface area contributed by atoms with Crippen molar-refractivity contribution < 1.29 is 22.7 Å². The van der Waals surface area contributed by atoms with Crippen molar-refractivity contribution in [2.24, 2.45) is 0 Å². The highest BCUT2D eigenvalue weighted by Crippen LogP contribution is 2.22. The molecule has 0 heterocycles. The third kappa shape index (κ3) is 6.82. The number of benzene rings is 2. The van der Waals surface area contributed by atoms with E-state index in [1.54, 1.807) is 0 Å². The zero-order chi connectivity index (χ0) is 18.1. The number of halogens is 3. The van der Waals surface area contributed by atoms with Gasteiger partial charge in [0.25, 0.3) is 0 Å². The van der Waals surface area contributed by atoms with Gasteiger partial charge in [-0.3, -0.25) is 4.79 Å². The monoisotopic (exact) mass is 368 g/mol. The number of unbranched alkanes of at least 4 members (excludes halogenated alkanes) is 1. The van der Waals surface area contributed by atoms with Gasteiger partial charge >= 0.3 is 6.18 Å². The standard InChI is InChI=1S/C19H19F3O2S/c20-19(21,22)18(23)14-25-13-5-4-12-24-17-10-8-16(9-11-17)15-6-2-1-3-7-15/h1-3,6-11H,4-5,12-14H2. The number of ketones is 1. The highest BCUT2D eigenvalue weighted by atomic mass is 32.2. The van der Waals surface area contributed by atoms with Crippen molar-refractivity contribution in [3.05, 3.63) is 54.6 Å². The summed E-state index contributed by atoms with van der Waals surface area (Å²) in [6.07, 6.45) is -3.28. The molecule has 0 aliphatic rings. The van der Waals surface area contributed by atoms with E-state index < -0.39 is 17.7 Å². The van der Waals surface area contributed by atoms with E-state index in [-0.39, 0.29) is 0 Å². The third-order valence-electron chi connectivity index (χ3n) is 3.46. The van der Waals surface area contributed by atoms with Gasteiger partial charge in [-0.05, 0) is 41.9 Å². The summed E-state index contributed by atoms with van der Waals surface area (Å²) >= 11 is 1.01. The van der Waals surface area contributed by atoms with Crippen LogP contribution in [0.3, 0.4) is 0 Å². The molecule has 2 rings (SSSR count). The normalized spacial score (nSPS) is 11.3. The Morgan fingerprint density at radius 1 is 0.920 bits per heavy atom. The van der Waals surface area contributed by atoms with Gasteiger partial charge in [0.1, 0.15) is 5.75 Å². The summed E-state index contributed by atoms with van der Waals surface area (Å²) in [5.74, 6) is -0.907. The van der Waals surface area contributed by atoms with Gasteiger partial charge in [0, 0.05) is 0 Å². The van der Waals surface area contributed by atoms with Crippen molar-refractivity contribution in [1.82, 2.24) is 0 Å². The van der Waals surface area contributed by atoms with E-state index in [1.165, 1.54) is 0 Å². The summed E-state index contributed by atoms with van der Waals surface area (Å²) in [5.41, 5.74) is 2.25. The molecule has 0 aliphatic heterocycles. The Morgan fingerprint density at radius 3 is 2.20 bits per heavy atom. The highest BCUT2D eigenvalue weighted by molar-refractivity contribution is 7.99. The minimum atomic E-state index is -4.72. The summed E-state index contributed by atoms with van der Waals surface area (Å²) in [6, 6.07) is 17.8. The van der Waals surface area contributed by atoms with Crippen molar-refractivity contribution in [3.8, 4) is 16.9 Å². The summed E-state index contributed by atoms with van der Waals surface area (Å²) in [4.78, 5) is 10.7. The van der Waals surface area contributed by atoms with E-state index in [2.05, 4.69) is 0 Å². The summed E-state index contributed by atoms with van der Waals surface area (Å²) in [6.45, 7) is 0.498. The number of alkyl halides is 3. The average molecular weight is 368 g/mol. The van der Waals surface area contributed by atoms with Crippen molar-refractivity contribution in [2.45, 2.75) is 19.0 Å². The minimum Gasteiger partial charge on any atom is -0.494 e. The number of ether oxygens (including phenoxy) is 1. The molecule has 0 N–H and O–H groups in total. The molecule has 0 unspecified atom stereocenters. The zero-order valence-electron chi connectivity index (χ0n) is 13.6. The molecule has 2 nitrogen and oxygen atoms in total. The van der Waals surface area contributed by atoms with Crippen LogP contribution in [0.15, 0.2) is 54.6 Å². The highest BCUT2D eigenvalue weighted by Gasteiger charge is 2.37. The summed E-state index contributed by atoms with van der Waals surface area (Å²) in [7, 11) is 0. The van der Waals surface area contributed by atoms with Gasteiger partial charge in [-0.2, -0.15) is 24.9 Å². The Hall–Kier alpha value is -1.95. The number of hydrogen-bond donors (Lipinski definition) is 0. The molecule has 0 radical (unpaired) electrons. The lowest BCUT2D eigenvalue weighted by molar-refractivity contribution is -0.167. The van der Waals surface area contributed by atoms with Gasteiger partial charge in [0.05, 0.1) is 12.4 Å². The Kier molecular flexibility index (Phi) is 7.37. The van der Waals surface area contributed by atoms with Crippen LogP contribution in [0.5, 0.6) is 5.75 Å². The Morgan fingerprint density at radius 2 is 1.56 bits per heavy atom. The van der Waals surface area contributed by atoms with Gasteiger partial charge in [0.2, 0.25) is 5.78 Å². The Labute approximate surface area is 149 Å². The van der Waals surface area contributed by atoms with Crippen LogP contribution in [-0.2, 0) is 4.79 Å². The lowest BCUT2D eigenvalue weighted by Crippen LogP contribution is -2.24. The van der Waals surface area contributed by atoms with Crippen molar-refractivity contribution >= 4 is 17.5 Å². The fourth-order valence-electron chi connectivity index (χ4n) is 2.12. The smallest absolute Gasteiger partial charge is 0.450 e. The van der Waals surface area contributed by atoms with E-state index in [4.69, 9.17) is 4.74 Å². The predicted octanol–water partition coefficient (Wildman–Crippen LogP) is 5.38. The van der Waals surface area contributed by atoms with Crippen LogP contribution >= 0.6 is 11.8 Å².